The molecule has 1 rings (SSSR count). The summed E-state index contributed by atoms with van der Waals surface area (Å²) < 4.78 is 4.73. The topological polar surface area (TPSA) is 75.6 Å². The minimum Gasteiger partial charge on any atom is -0.478 e. The van der Waals surface area contributed by atoms with Gasteiger partial charge in [-0.25, -0.2) is 9.59 Å². The lowest BCUT2D eigenvalue weighted by Crippen LogP contribution is -2.23. The minimum absolute atomic E-state index is 0.338. The zero-order valence-corrected chi connectivity index (χ0v) is 10.1. The van der Waals surface area contributed by atoms with Gasteiger partial charge in [-0.2, -0.15) is 0 Å². The van der Waals surface area contributed by atoms with Crippen LogP contribution in [0.3, 0.4) is 0 Å². The Bertz CT molecular complexity index is 437. The predicted molar refractivity (Wildman–Crippen MR) is 67.0 cm³/mol. The molecule has 0 radical (unpaired) electrons. The highest BCUT2D eigenvalue weighted by Gasteiger charge is 1.99. The number of carbonyl (C=O) groups is 2. The van der Waals surface area contributed by atoms with E-state index < -0.39 is 12.1 Å². The lowest BCUT2D eigenvalue weighted by atomic mass is 10.1. The van der Waals surface area contributed by atoms with Gasteiger partial charge in [0.2, 0.25) is 0 Å². The highest BCUT2D eigenvalue weighted by molar-refractivity contribution is 5.85. The van der Waals surface area contributed by atoms with Crippen LogP contribution in [0.4, 0.5) is 4.79 Å². The van der Waals surface area contributed by atoms with E-state index in [0.717, 1.165) is 17.2 Å². The molecule has 0 aromatic heterocycles. The molecule has 0 atom stereocenters. The first kappa shape index (κ1) is 13.8. The molecule has 1 amide bonds. The molecule has 0 heterocycles. The van der Waals surface area contributed by atoms with Gasteiger partial charge in [0.05, 0.1) is 6.61 Å². The third-order valence-corrected chi connectivity index (χ3v) is 2.11. The first-order valence-corrected chi connectivity index (χ1v) is 5.52. The second-order valence-electron chi connectivity index (χ2n) is 3.49. The lowest BCUT2D eigenvalue weighted by molar-refractivity contribution is -0.131. The number of carboxylic acid groups (broad SMARTS) is 1. The molecule has 0 saturated carbocycles. The molecule has 0 aliphatic heterocycles. The molecule has 0 aliphatic carbocycles. The van der Waals surface area contributed by atoms with Crippen LogP contribution in [0, 0.1) is 0 Å². The molecule has 0 unspecified atom stereocenters. The number of amides is 1. The molecule has 2 N–H and O–H groups in total. The molecule has 0 spiro atoms. The molecule has 18 heavy (non-hydrogen) atoms. The summed E-state index contributed by atoms with van der Waals surface area (Å²) in [5.41, 5.74) is 1.70. The summed E-state index contributed by atoms with van der Waals surface area (Å²) in [4.78, 5) is 21.4. The molecule has 96 valence electrons. The van der Waals surface area contributed by atoms with Crippen molar-refractivity contribution >= 4 is 18.1 Å². The molecule has 0 fully saturated rings. The van der Waals surface area contributed by atoms with E-state index in [9.17, 15) is 9.59 Å². The molecule has 0 bridgehead atoms. The smallest absolute Gasteiger partial charge is 0.407 e. The third-order valence-electron chi connectivity index (χ3n) is 2.11. The summed E-state index contributed by atoms with van der Waals surface area (Å²) in [7, 11) is 0. The van der Waals surface area contributed by atoms with Crippen molar-refractivity contribution < 1.29 is 19.4 Å². The molecule has 0 aliphatic rings. The van der Waals surface area contributed by atoms with Crippen LogP contribution in [-0.4, -0.2) is 23.8 Å². The summed E-state index contributed by atoms with van der Waals surface area (Å²) in [6, 6.07) is 7.19. The second-order valence-corrected chi connectivity index (χ2v) is 3.49. The van der Waals surface area contributed by atoms with Crippen molar-refractivity contribution in [1.82, 2.24) is 5.32 Å². The number of alkyl carbamates (subject to hydrolysis) is 1. The van der Waals surface area contributed by atoms with E-state index in [2.05, 4.69) is 5.32 Å². The number of carbonyl (C=O) groups excluding carboxylic acids is 1. The van der Waals surface area contributed by atoms with Gasteiger partial charge in [-0.15, -0.1) is 0 Å². The van der Waals surface area contributed by atoms with Crippen LogP contribution in [0.1, 0.15) is 18.1 Å². The third kappa shape index (κ3) is 5.16. The fourth-order valence-electron chi connectivity index (χ4n) is 1.27. The van der Waals surface area contributed by atoms with Crippen LogP contribution in [-0.2, 0) is 16.1 Å². The van der Waals surface area contributed by atoms with Gasteiger partial charge in [-0.05, 0) is 24.1 Å². The molecule has 1 aromatic rings. The standard InChI is InChI=1S/C13H15NO4/c1-2-18-13(17)14-9-11-5-3-10(4-6-11)7-8-12(15)16/h3-8H,2,9H2,1H3,(H,14,17)(H,15,16)/b8-7+. The van der Waals surface area contributed by atoms with Crippen LogP contribution in [0.25, 0.3) is 6.08 Å². The van der Waals surface area contributed by atoms with Crippen LogP contribution < -0.4 is 5.32 Å². The Kier molecular flexibility index (Phi) is 5.44. The summed E-state index contributed by atoms with van der Waals surface area (Å²) in [5.74, 6) is -0.983. The predicted octanol–water partition coefficient (Wildman–Crippen LogP) is 2.03. The van der Waals surface area contributed by atoms with E-state index in [1.807, 2.05) is 12.1 Å². The van der Waals surface area contributed by atoms with Gasteiger partial charge in [0.15, 0.2) is 0 Å². The second kappa shape index (κ2) is 7.11. The average Bonchev–Trinajstić information content (AvgIpc) is 2.35. The largest absolute Gasteiger partial charge is 0.478 e. The van der Waals surface area contributed by atoms with E-state index in [4.69, 9.17) is 9.84 Å². The number of hydrogen-bond donors (Lipinski definition) is 2. The van der Waals surface area contributed by atoms with Crippen molar-refractivity contribution in [1.29, 1.82) is 0 Å². The Balaban J connectivity index is 2.50. The maximum absolute atomic E-state index is 11.1. The number of aliphatic carboxylic acids is 1. The molecular formula is C13H15NO4. The first-order chi connectivity index (χ1) is 8.61. The van der Waals surface area contributed by atoms with E-state index in [1.54, 1.807) is 19.1 Å². The van der Waals surface area contributed by atoms with Crippen LogP contribution in [0.15, 0.2) is 30.3 Å². The van der Waals surface area contributed by atoms with Crippen molar-refractivity contribution in [3.8, 4) is 0 Å². The maximum atomic E-state index is 11.1. The zero-order chi connectivity index (χ0) is 13.4. The SMILES string of the molecule is CCOC(=O)NCc1ccc(/C=C/C(=O)O)cc1. The quantitative estimate of drug-likeness (QED) is 0.783. The molecule has 1 aromatic carbocycles. The molecule has 5 heteroatoms. The monoisotopic (exact) mass is 249 g/mol. The first-order valence-electron chi connectivity index (χ1n) is 5.52. The van der Waals surface area contributed by atoms with E-state index in [0.29, 0.717) is 13.2 Å². The summed E-state index contributed by atoms with van der Waals surface area (Å²) in [5, 5.41) is 11.1. The fraction of sp³-hybridized carbons (Fsp3) is 0.231. The number of ether oxygens (including phenoxy) is 1. The number of nitrogens with one attached hydrogen (secondary N) is 1. The Morgan fingerprint density at radius 1 is 1.33 bits per heavy atom. The molecule has 0 saturated heterocycles. The van der Waals surface area contributed by atoms with Crippen molar-refractivity contribution in [2.24, 2.45) is 0 Å². The normalized spacial score (nSPS) is 10.3. The Morgan fingerprint density at radius 3 is 2.56 bits per heavy atom. The van der Waals surface area contributed by atoms with Crippen LogP contribution >= 0.6 is 0 Å². The summed E-state index contributed by atoms with van der Waals surface area (Å²) in [6.07, 6.45) is 2.13. The summed E-state index contributed by atoms with van der Waals surface area (Å²) >= 11 is 0. The van der Waals surface area contributed by atoms with Gasteiger partial charge in [0, 0.05) is 12.6 Å². The van der Waals surface area contributed by atoms with E-state index in [1.165, 1.54) is 6.08 Å². The van der Waals surface area contributed by atoms with Crippen LogP contribution in [0.2, 0.25) is 0 Å². The summed E-state index contributed by atoms with van der Waals surface area (Å²) in [6.45, 7) is 2.45. The van der Waals surface area contributed by atoms with Gasteiger partial charge in [-0.1, -0.05) is 24.3 Å². The van der Waals surface area contributed by atoms with Crippen LogP contribution in [0.5, 0.6) is 0 Å². The van der Waals surface area contributed by atoms with E-state index in [-0.39, 0.29) is 0 Å². The van der Waals surface area contributed by atoms with Crippen molar-refractivity contribution in [3.63, 3.8) is 0 Å². The zero-order valence-electron chi connectivity index (χ0n) is 10.1. The minimum atomic E-state index is -0.983. The van der Waals surface area contributed by atoms with Gasteiger partial charge in [-0.3, -0.25) is 0 Å². The van der Waals surface area contributed by atoms with Crippen molar-refractivity contribution in [2.45, 2.75) is 13.5 Å². The highest BCUT2D eigenvalue weighted by Crippen LogP contribution is 2.06. The van der Waals surface area contributed by atoms with Gasteiger partial charge in [0.25, 0.3) is 0 Å². The number of benzene rings is 1. The Morgan fingerprint density at radius 2 is 2.00 bits per heavy atom. The molecular weight excluding hydrogens is 234 g/mol. The average molecular weight is 249 g/mol. The lowest BCUT2D eigenvalue weighted by Gasteiger charge is -2.05. The van der Waals surface area contributed by atoms with Crippen molar-refractivity contribution in [3.05, 3.63) is 41.5 Å². The highest BCUT2D eigenvalue weighted by atomic mass is 16.5. The Hall–Kier alpha value is -2.30. The van der Waals surface area contributed by atoms with Crippen molar-refractivity contribution in [2.75, 3.05) is 6.61 Å². The Labute approximate surface area is 105 Å². The fourth-order valence-corrected chi connectivity index (χ4v) is 1.27. The number of carboxylic acids is 1. The van der Waals surface area contributed by atoms with Gasteiger partial charge in [0.1, 0.15) is 0 Å². The van der Waals surface area contributed by atoms with Gasteiger partial charge >= 0.3 is 12.1 Å². The number of hydrogen-bond acceptors (Lipinski definition) is 3. The van der Waals surface area contributed by atoms with E-state index >= 15 is 0 Å². The molecule has 5 nitrogen and oxygen atoms in total. The number of rotatable bonds is 5. The maximum Gasteiger partial charge on any atom is 0.407 e. The van der Waals surface area contributed by atoms with Gasteiger partial charge < -0.3 is 15.2 Å².